The zero-order valence-electron chi connectivity index (χ0n) is 11.1. The van der Waals surface area contributed by atoms with Crippen molar-refractivity contribution in [2.75, 3.05) is 5.32 Å². The van der Waals surface area contributed by atoms with E-state index in [9.17, 15) is 10.1 Å². The molecule has 5 nitrogen and oxygen atoms in total. The molecular formula is C12H18BrN3O2. The van der Waals surface area contributed by atoms with Gasteiger partial charge in [0.15, 0.2) is 0 Å². The first-order valence-electron chi connectivity index (χ1n) is 5.92. The molecule has 0 aliphatic carbocycles. The summed E-state index contributed by atoms with van der Waals surface area (Å²) in [6.07, 6.45) is 3.20. The normalized spacial score (nSPS) is 11.4. The van der Waals surface area contributed by atoms with Gasteiger partial charge in [0.2, 0.25) is 0 Å². The second kappa shape index (κ2) is 5.65. The smallest absolute Gasteiger partial charge is 0.291 e. The monoisotopic (exact) mass is 315 g/mol. The van der Waals surface area contributed by atoms with Gasteiger partial charge in [0.1, 0.15) is 12.0 Å². The van der Waals surface area contributed by atoms with Crippen LogP contribution in [-0.2, 0) is 0 Å². The van der Waals surface area contributed by atoms with Crippen LogP contribution in [0.1, 0.15) is 39.2 Å². The van der Waals surface area contributed by atoms with Crippen LogP contribution in [0.15, 0.2) is 10.7 Å². The van der Waals surface area contributed by atoms with Crippen LogP contribution in [0.3, 0.4) is 0 Å². The third-order valence-electron chi connectivity index (χ3n) is 3.41. The predicted molar refractivity (Wildman–Crippen MR) is 75.9 cm³/mol. The summed E-state index contributed by atoms with van der Waals surface area (Å²) in [4.78, 5) is 14.5. The molecule has 0 bridgehead atoms. The number of hydrogen-bond donors (Lipinski definition) is 1. The van der Waals surface area contributed by atoms with Crippen molar-refractivity contribution in [1.29, 1.82) is 0 Å². The van der Waals surface area contributed by atoms with Crippen LogP contribution in [-0.4, -0.2) is 15.4 Å². The van der Waals surface area contributed by atoms with E-state index in [1.165, 1.54) is 6.20 Å². The largest absolute Gasteiger partial charge is 0.364 e. The first kappa shape index (κ1) is 14.9. The Morgan fingerprint density at radius 3 is 2.50 bits per heavy atom. The molecule has 0 saturated heterocycles. The second-order valence-corrected chi connectivity index (χ2v) is 5.37. The minimum Gasteiger partial charge on any atom is -0.364 e. The first-order valence-corrected chi connectivity index (χ1v) is 6.71. The van der Waals surface area contributed by atoms with Crippen LogP contribution in [0.25, 0.3) is 0 Å². The lowest BCUT2D eigenvalue weighted by molar-refractivity contribution is -0.385. The summed E-state index contributed by atoms with van der Waals surface area (Å²) in [7, 11) is 0. The van der Waals surface area contributed by atoms with Crippen molar-refractivity contribution in [1.82, 2.24) is 4.98 Å². The van der Waals surface area contributed by atoms with Gasteiger partial charge in [0.05, 0.1) is 9.40 Å². The van der Waals surface area contributed by atoms with Gasteiger partial charge >= 0.3 is 0 Å². The average molecular weight is 316 g/mol. The van der Waals surface area contributed by atoms with E-state index in [0.29, 0.717) is 15.9 Å². The number of pyridine rings is 1. The van der Waals surface area contributed by atoms with Crippen LogP contribution in [0.5, 0.6) is 0 Å². The van der Waals surface area contributed by atoms with E-state index in [2.05, 4.69) is 47.0 Å². The number of nitrogens with zero attached hydrogens (tertiary/aromatic N) is 2. The molecule has 1 heterocycles. The van der Waals surface area contributed by atoms with Crippen molar-refractivity contribution >= 4 is 27.4 Å². The number of nitro groups is 1. The molecule has 0 fully saturated rings. The molecule has 0 unspecified atom stereocenters. The van der Waals surface area contributed by atoms with Crippen molar-refractivity contribution < 1.29 is 4.92 Å². The summed E-state index contributed by atoms with van der Waals surface area (Å²) in [6, 6.07) is 0. The molecule has 0 radical (unpaired) electrons. The summed E-state index contributed by atoms with van der Waals surface area (Å²) < 4.78 is 0.657. The highest BCUT2D eigenvalue weighted by Crippen LogP contribution is 2.33. The maximum absolute atomic E-state index is 10.8. The molecule has 0 saturated carbocycles. The Bertz CT molecular complexity index is 459. The molecule has 0 amide bonds. The third-order valence-corrected chi connectivity index (χ3v) is 4.39. The molecule has 0 spiro atoms. The number of nitrogens with one attached hydrogen (secondary N) is 1. The number of aromatic nitrogens is 1. The van der Waals surface area contributed by atoms with Crippen LogP contribution < -0.4 is 5.32 Å². The Hall–Kier alpha value is -1.17. The van der Waals surface area contributed by atoms with Crippen molar-refractivity contribution in [2.45, 2.75) is 46.1 Å². The number of rotatable bonds is 5. The SMILES string of the molecule is CCC(C)(CC)Nc1ncc([N+](=O)[O-])c(C)c1Br. The van der Waals surface area contributed by atoms with E-state index in [-0.39, 0.29) is 11.2 Å². The zero-order chi connectivity index (χ0) is 13.9. The van der Waals surface area contributed by atoms with E-state index in [1.54, 1.807) is 6.92 Å². The van der Waals surface area contributed by atoms with Crippen molar-refractivity contribution in [3.05, 3.63) is 26.3 Å². The highest BCUT2D eigenvalue weighted by Gasteiger charge is 2.23. The highest BCUT2D eigenvalue weighted by molar-refractivity contribution is 9.10. The molecule has 0 aromatic carbocycles. The fourth-order valence-electron chi connectivity index (χ4n) is 1.55. The molecule has 0 aliphatic rings. The van der Waals surface area contributed by atoms with Gasteiger partial charge in [-0.1, -0.05) is 13.8 Å². The van der Waals surface area contributed by atoms with E-state index in [1.807, 2.05) is 0 Å². The van der Waals surface area contributed by atoms with Crippen molar-refractivity contribution in [3.8, 4) is 0 Å². The molecule has 100 valence electrons. The van der Waals surface area contributed by atoms with E-state index >= 15 is 0 Å². The van der Waals surface area contributed by atoms with E-state index < -0.39 is 4.92 Å². The Morgan fingerprint density at radius 2 is 2.06 bits per heavy atom. The number of halogens is 1. The maximum atomic E-state index is 10.8. The average Bonchev–Trinajstić information content (AvgIpc) is 2.34. The predicted octanol–water partition coefficient (Wildman–Crippen LogP) is 4.05. The molecule has 6 heteroatoms. The summed E-state index contributed by atoms with van der Waals surface area (Å²) >= 11 is 3.38. The van der Waals surface area contributed by atoms with Gasteiger partial charge in [0, 0.05) is 11.1 Å². The standard InChI is InChI=1S/C12H18BrN3O2/c1-5-12(4,6-2)15-11-10(13)8(3)9(7-14-11)16(17)18/h7H,5-6H2,1-4H3,(H,14,15). The minimum absolute atomic E-state index is 0.0297. The van der Waals surface area contributed by atoms with Gasteiger partial charge in [-0.15, -0.1) is 0 Å². The van der Waals surface area contributed by atoms with Gasteiger partial charge in [-0.3, -0.25) is 10.1 Å². The summed E-state index contributed by atoms with van der Waals surface area (Å²) in [6.45, 7) is 8.02. The van der Waals surface area contributed by atoms with Crippen LogP contribution in [0.4, 0.5) is 11.5 Å². The lowest BCUT2D eigenvalue weighted by atomic mass is 9.95. The summed E-state index contributed by atoms with van der Waals surface area (Å²) in [5.74, 6) is 0.657. The fourth-order valence-corrected chi connectivity index (χ4v) is 1.96. The molecule has 0 aliphatic heterocycles. The molecule has 18 heavy (non-hydrogen) atoms. The van der Waals surface area contributed by atoms with E-state index in [4.69, 9.17) is 0 Å². The van der Waals surface area contributed by atoms with Gasteiger partial charge < -0.3 is 5.32 Å². The quantitative estimate of drug-likeness (QED) is 0.657. The van der Waals surface area contributed by atoms with Gasteiger partial charge in [-0.25, -0.2) is 4.98 Å². The molecular weight excluding hydrogens is 298 g/mol. The number of hydrogen-bond acceptors (Lipinski definition) is 4. The Kier molecular flexibility index (Phi) is 4.67. The van der Waals surface area contributed by atoms with Crippen LogP contribution in [0.2, 0.25) is 0 Å². The van der Waals surface area contributed by atoms with Crippen LogP contribution >= 0.6 is 15.9 Å². The fraction of sp³-hybridized carbons (Fsp3) is 0.583. The number of anilines is 1. The van der Waals surface area contributed by atoms with Gasteiger partial charge in [-0.2, -0.15) is 0 Å². The Labute approximate surface area is 115 Å². The topological polar surface area (TPSA) is 68.1 Å². The Balaban J connectivity index is 3.13. The highest BCUT2D eigenvalue weighted by atomic mass is 79.9. The van der Waals surface area contributed by atoms with Crippen molar-refractivity contribution in [2.24, 2.45) is 0 Å². The zero-order valence-corrected chi connectivity index (χ0v) is 12.7. The molecule has 1 N–H and O–H groups in total. The minimum atomic E-state index is -0.421. The summed E-state index contributed by atoms with van der Waals surface area (Å²) in [5, 5.41) is 14.2. The van der Waals surface area contributed by atoms with Crippen LogP contribution in [0, 0.1) is 17.0 Å². The van der Waals surface area contributed by atoms with Gasteiger partial charge in [-0.05, 0) is 42.6 Å². The third kappa shape index (κ3) is 2.98. The first-order chi connectivity index (χ1) is 8.34. The molecule has 1 rings (SSSR count). The van der Waals surface area contributed by atoms with Gasteiger partial charge in [0.25, 0.3) is 5.69 Å². The Morgan fingerprint density at radius 1 is 1.50 bits per heavy atom. The molecule has 1 aromatic rings. The maximum Gasteiger partial charge on any atom is 0.291 e. The summed E-state index contributed by atoms with van der Waals surface area (Å²) in [5.41, 5.74) is 0.562. The molecule has 0 atom stereocenters. The van der Waals surface area contributed by atoms with Crippen molar-refractivity contribution in [3.63, 3.8) is 0 Å². The lowest BCUT2D eigenvalue weighted by Crippen LogP contribution is -2.33. The molecule has 1 aromatic heterocycles. The van der Waals surface area contributed by atoms with E-state index in [0.717, 1.165) is 12.8 Å². The second-order valence-electron chi connectivity index (χ2n) is 4.58. The lowest BCUT2D eigenvalue weighted by Gasteiger charge is -2.29.